The number of hydrogen-bond donors (Lipinski definition) is 1. The predicted octanol–water partition coefficient (Wildman–Crippen LogP) is 4.41. The van der Waals surface area contributed by atoms with Crippen LogP contribution in [0.1, 0.15) is 59.8 Å². The summed E-state index contributed by atoms with van der Waals surface area (Å²) in [7, 11) is 1.82. The molecule has 0 heterocycles. The Morgan fingerprint density at radius 2 is 1.84 bits per heavy atom. The van der Waals surface area contributed by atoms with Crippen molar-refractivity contribution in [3.8, 4) is 0 Å². The molecule has 1 saturated carbocycles. The Hall–Kier alpha value is -0.350. The zero-order chi connectivity index (χ0) is 15.1. The number of amides is 1. The highest BCUT2D eigenvalue weighted by Gasteiger charge is 2.10. The zero-order valence-electron chi connectivity index (χ0n) is 13.1. The number of ether oxygens (including phenoxy) is 1. The lowest BCUT2D eigenvalue weighted by atomic mass is 9.98. The Morgan fingerprint density at radius 3 is 2.16 bits per heavy atom. The molecule has 1 aliphatic rings. The van der Waals surface area contributed by atoms with Gasteiger partial charge in [-0.2, -0.15) is 0 Å². The number of carbonyl (C=O) groups is 1. The predicted molar refractivity (Wildman–Crippen MR) is 86.6 cm³/mol. The third-order valence-electron chi connectivity index (χ3n) is 2.69. The molecule has 4 heteroatoms. The molecule has 0 aromatic heterocycles. The summed E-state index contributed by atoms with van der Waals surface area (Å²) in [5.41, 5.74) is 0. The summed E-state index contributed by atoms with van der Waals surface area (Å²) < 4.78 is 5.78. The van der Waals surface area contributed by atoms with Crippen LogP contribution in [0.5, 0.6) is 0 Å². The summed E-state index contributed by atoms with van der Waals surface area (Å²) in [6.07, 6.45) is 9.04. The average Bonchev–Trinajstić information content (AvgIpc) is 2.50. The minimum atomic E-state index is -0.0556. The molecule has 0 atom stereocenters. The van der Waals surface area contributed by atoms with E-state index >= 15 is 0 Å². The van der Waals surface area contributed by atoms with Gasteiger partial charge in [-0.15, -0.1) is 0 Å². The van der Waals surface area contributed by atoms with E-state index in [-0.39, 0.29) is 5.91 Å². The number of methoxy groups -OCH3 is 1. The Kier molecular flexibility index (Phi) is 17.3. The minimum Gasteiger partial charge on any atom is -0.381 e. The summed E-state index contributed by atoms with van der Waals surface area (Å²) in [6.45, 7) is 8.36. The van der Waals surface area contributed by atoms with Gasteiger partial charge in [0.1, 0.15) is 0 Å². The van der Waals surface area contributed by atoms with Gasteiger partial charge >= 0.3 is 0 Å². The molecular weight excluding hydrogens is 306 g/mol. The van der Waals surface area contributed by atoms with Crippen LogP contribution in [0.15, 0.2) is 10.6 Å². The normalized spacial score (nSPS) is 15.6. The second-order valence-electron chi connectivity index (χ2n) is 3.99. The van der Waals surface area contributed by atoms with Crippen LogP contribution in [0, 0.1) is 0 Å². The van der Waals surface area contributed by atoms with E-state index in [0.29, 0.717) is 17.1 Å². The molecule has 1 fully saturated rings. The van der Waals surface area contributed by atoms with Gasteiger partial charge in [-0.05, 0) is 42.6 Å². The van der Waals surface area contributed by atoms with E-state index in [2.05, 4.69) is 21.2 Å². The lowest BCUT2D eigenvalue weighted by molar-refractivity contribution is -0.116. The number of allylic oxidation sites excluding steroid dienone is 1. The molecule has 0 spiro atoms. The van der Waals surface area contributed by atoms with Crippen molar-refractivity contribution in [3.63, 3.8) is 0 Å². The molecule has 0 aliphatic heterocycles. The fraction of sp³-hybridized carbons (Fsp3) is 0.800. The largest absolute Gasteiger partial charge is 0.381 e. The van der Waals surface area contributed by atoms with Gasteiger partial charge in [0.25, 0.3) is 5.91 Å². The molecule has 114 valence electrons. The number of carbonyl (C=O) groups excluding carboxylic acids is 1. The lowest BCUT2D eigenvalue weighted by Gasteiger charge is -2.19. The van der Waals surface area contributed by atoms with Crippen molar-refractivity contribution in [2.75, 3.05) is 13.7 Å². The Morgan fingerprint density at radius 1 is 1.32 bits per heavy atom. The van der Waals surface area contributed by atoms with Gasteiger partial charge in [0.2, 0.25) is 0 Å². The number of rotatable bonds is 3. The van der Waals surface area contributed by atoms with Gasteiger partial charge in [0, 0.05) is 13.7 Å². The summed E-state index contributed by atoms with van der Waals surface area (Å²) in [5, 5.41) is 2.64. The Labute approximate surface area is 127 Å². The smallest absolute Gasteiger partial charge is 0.257 e. The molecule has 0 bridgehead atoms. The van der Waals surface area contributed by atoms with Gasteiger partial charge in [0.05, 0.1) is 10.6 Å². The van der Waals surface area contributed by atoms with Crippen molar-refractivity contribution in [2.45, 2.75) is 65.9 Å². The van der Waals surface area contributed by atoms with E-state index in [0.717, 1.165) is 0 Å². The minimum absolute atomic E-state index is 0.0556. The highest BCUT2D eigenvalue weighted by atomic mass is 79.9. The van der Waals surface area contributed by atoms with E-state index in [1.54, 1.807) is 13.0 Å². The lowest BCUT2D eigenvalue weighted by Crippen LogP contribution is -2.22. The van der Waals surface area contributed by atoms with E-state index in [4.69, 9.17) is 4.74 Å². The van der Waals surface area contributed by atoms with Crippen LogP contribution in [0.25, 0.3) is 0 Å². The van der Waals surface area contributed by atoms with Crippen LogP contribution in [0.2, 0.25) is 0 Å². The first-order valence-corrected chi connectivity index (χ1v) is 8.07. The molecule has 1 aliphatic carbocycles. The van der Waals surface area contributed by atoms with E-state index < -0.39 is 0 Å². The van der Waals surface area contributed by atoms with Gasteiger partial charge < -0.3 is 10.1 Å². The van der Waals surface area contributed by atoms with Crippen molar-refractivity contribution >= 4 is 21.8 Å². The quantitative estimate of drug-likeness (QED) is 0.775. The summed E-state index contributed by atoms with van der Waals surface area (Å²) in [5.74, 6) is -0.0556. The molecule has 1 rings (SSSR count). The van der Waals surface area contributed by atoms with Crippen molar-refractivity contribution in [2.24, 2.45) is 0 Å². The number of nitrogens with one attached hydrogen (secondary N) is 1. The van der Waals surface area contributed by atoms with Crippen LogP contribution < -0.4 is 5.32 Å². The maximum absolute atomic E-state index is 10.7. The monoisotopic (exact) mass is 335 g/mol. The van der Waals surface area contributed by atoms with Crippen LogP contribution in [0.4, 0.5) is 0 Å². The molecule has 0 radical (unpaired) electrons. The molecule has 0 aromatic carbocycles. The second kappa shape index (κ2) is 15.7. The molecule has 1 N–H and O–H groups in total. The molecule has 0 saturated heterocycles. The van der Waals surface area contributed by atoms with E-state index in [1.807, 2.05) is 27.9 Å². The van der Waals surface area contributed by atoms with Gasteiger partial charge in [-0.3, -0.25) is 4.79 Å². The third-order valence-corrected chi connectivity index (χ3v) is 3.51. The van der Waals surface area contributed by atoms with Gasteiger partial charge in [-0.1, -0.05) is 39.2 Å². The number of likely N-dealkylation sites (N-methyl/N-ethyl adjacent to an activating group) is 1. The Balaban J connectivity index is 0. The fourth-order valence-electron chi connectivity index (χ4n) is 1.68. The summed E-state index contributed by atoms with van der Waals surface area (Å²) >= 11 is 3.09. The maximum Gasteiger partial charge on any atom is 0.257 e. The molecule has 19 heavy (non-hydrogen) atoms. The van der Waals surface area contributed by atoms with Gasteiger partial charge in [0.15, 0.2) is 0 Å². The highest BCUT2D eigenvalue weighted by Crippen LogP contribution is 2.18. The van der Waals surface area contributed by atoms with Crippen LogP contribution in [-0.2, 0) is 9.53 Å². The first-order chi connectivity index (χ1) is 9.15. The highest BCUT2D eigenvalue weighted by molar-refractivity contribution is 9.12. The van der Waals surface area contributed by atoms with E-state index in [1.165, 1.54) is 32.1 Å². The second-order valence-corrected chi connectivity index (χ2v) is 4.85. The number of halogens is 1. The molecule has 0 aromatic rings. The van der Waals surface area contributed by atoms with E-state index in [9.17, 15) is 4.79 Å². The summed E-state index contributed by atoms with van der Waals surface area (Å²) in [6, 6.07) is 0. The SMILES string of the molecule is C/C=C(/Br)C(=O)NCC.CC.COC1CCCCC1. The van der Waals surface area contributed by atoms with Crippen molar-refractivity contribution in [1.29, 1.82) is 0 Å². The Bertz CT molecular complexity index is 236. The number of hydrogen-bond acceptors (Lipinski definition) is 2. The standard InChI is InChI=1S/C7H14O.C6H10BrNO.C2H6/c1-8-7-5-3-2-4-6-7;1-3-5(7)6(9)8-4-2;1-2/h7H,2-6H2,1H3;3H,4H2,1-2H3,(H,8,9);1-2H3/b;5-3+;. The van der Waals surface area contributed by atoms with Crippen molar-refractivity contribution in [1.82, 2.24) is 5.32 Å². The first-order valence-electron chi connectivity index (χ1n) is 7.28. The van der Waals surface area contributed by atoms with Crippen LogP contribution in [-0.4, -0.2) is 25.7 Å². The molecule has 1 amide bonds. The maximum atomic E-state index is 10.7. The van der Waals surface area contributed by atoms with Crippen LogP contribution in [0.3, 0.4) is 0 Å². The third kappa shape index (κ3) is 12.4. The fourth-order valence-corrected chi connectivity index (χ4v) is 1.82. The summed E-state index contributed by atoms with van der Waals surface area (Å²) in [4.78, 5) is 10.7. The molecule has 0 unspecified atom stereocenters. The van der Waals surface area contributed by atoms with Crippen molar-refractivity contribution < 1.29 is 9.53 Å². The average molecular weight is 336 g/mol. The van der Waals surface area contributed by atoms with Crippen LogP contribution >= 0.6 is 15.9 Å². The van der Waals surface area contributed by atoms with Gasteiger partial charge in [-0.25, -0.2) is 0 Å². The molecular formula is C15H30BrNO2. The zero-order valence-corrected chi connectivity index (χ0v) is 14.7. The first kappa shape index (κ1) is 21.0. The molecule has 3 nitrogen and oxygen atoms in total. The topological polar surface area (TPSA) is 38.3 Å². The van der Waals surface area contributed by atoms with Crippen molar-refractivity contribution in [3.05, 3.63) is 10.6 Å².